The molecule has 0 saturated heterocycles. The van der Waals surface area contributed by atoms with Crippen LogP contribution in [0, 0.1) is 23.7 Å². The van der Waals surface area contributed by atoms with Crippen molar-refractivity contribution in [2.75, 3.05) is 0 Å². The average Bonchev–Trinajstić information content (AvgIpc) is 2.74. The van der Waals surface area contributed by atoms with Gasteiger partial charge in [0.05, 0.1) is 6.10 Å². The zero-order chi connectivity index (χ0) is 15.6. The fourth-order valence-electron chi connectivity index (χ4n) is 4.38. The fourth-order valence-corrected chi connectivity index (χ4v) is 4.38. The molecule has 0 spiro atoms. The van der Waals surface area contributed by atoms with Crippen LogP contribution >= 0.6 is 0 Å². The minimum Gasteiger partial charge on any atom is -0.392 e. The van der Waals surface area contributed by atoms with Crippen molar-refractivity contribution in [1.82, 2.24) is 0 Å². The van der Waals surface area contributed by atoms with Gasteiger partial charge in [-0.2, -0.15) is 0 Å². The maximum Gasteiger partial charge on any atom is 0.0642 e. The van der Waals surface area contributed by atoms with E-state index in [0.29, 0.717) is 23.7 Å². The van der Waals surface area contributed by atoms with E-state index in [1.807, 2.05) is 0 Å². The summed E-state index contributed by atoms with van der Waals surface area (Å²) in [6.07, 6.45) is 8.92. The minimum atomic E-state index is -0.187. The highest BCUT2D eigenvalue weighted by Crippen LogP contribution is 2.47. The molecule has 2 rings (SSSR count). The number of hydrogen-bond acceptors (Lipinski definition) is 1. The standard InChI is InChI=1S/C20H32O/c1-13(2)7-6-8-14(3)18-12-9-15(4)17-11-10-16(5)19(17)20(18)21/h10,14,17-21H,1,4,6-9,11-12H2,2-3,5H3/t14-,17+,18+,19-,20-/m1/s1. The molecule has 0 bridgehead atoms. The molecule has 0 aromatic heterocycles. The second kappa shape index (κ2) is 6.96. The zero-order valence-corrected chi connectivity index (χ0v) is 14.1. The third-order valence-electron chi connectivity index (χ3n) is 5.78. The van der Waals surface area contributed by atoms with Crippen molar-refractivity contribution in [3.05, 3.63) is 36.0 Å². The van der Waals surface area contributed by atoms with Gasteiger partial charge in [0, 0.05) is 5.92 Å². The molecule has 1 heteroatoms. The van der Waals surface area contributed by atoms with Gasteiger partial charge in [-0.25, -0.2) is 0 Å². The van der Waals surface area contributed by atoms with Crippen LogP contribution in [0.15, 0.2) is 36.0 Å². The van der Waals surface area contributed by atoms with Crippen LogP contribution in [-0.2, 0) is 0 Å². The number of hydrogen-bond donors (Lipinski definition) is 1. The lowest BCUT2D eigenvalue weighted by Gasteiger charge is -2.33. The molecule has 0 amide bonds. The van der Waals surface area contributed by atoms with E-state index in [9.17, 15) is 5.11 Å². The summed E-state index contributed by atoms with van der Waals surface area (Å²) in [7, 11) is 0. The Morgan fingerprint density at radius 1 is 1.48 bits per heavy atom. The van der Waals surface area contributed by atoms with Gasteiger partial charge in [-0.3, -0.25) is 0 Å². The molecule has 2 aliphatic rings. The molecule has 0 unspecified atom stereocenters. The van der Waals surface area contributed by atoms with E-state index in [-0.39, 0.29) is 6.10 Å². The Morgan fingerprint density at radius 2 is 2.19 bits per heavy atom. The van der Waals surface area contributed by atoms with Crippen molar-refractivity contribution >= 4 is 0 Å². The van der Waals surface area contributed by atoms with Crippen LogP contribution in [0.2, 0.25) is 0 Å². The van der Waals surface area contributed by atoms with E-state index in [0.717, 1.165) is 25.7 Å². The number of aliphatic hydroxyl groups is 1. The molecule has 0 radical (unpaired) electrons. The van der Waals surface area contributed by atoms with E-state index < -0.39 is 0 Å². The highest BCUT2D eigenvalue weighted by molar-refractivity contribution is 5.24. The van der Waals surface area contributed by atoms with Crippen LogP contribution in [0.25, 0.3) is 0 Å². The van der Waals surface area contributed by atoms with Crippen LogP contribution < -0.4 is 0 Å². The molecule has 0 aliphatic heterocycles. The lowest BCUT2D eigenvalue weighted by Crippen LogP contribution is -2.34. The number of fused-ring (bicyclic) bond motifs is 1. The lowest BCUT2D eigenvalue weighted by molar-refractivity contribution is 0.0301. The van der Waals surface area contributed by atoms with Gasteiger partial charge in [-0.05, 0) is 63.7 Å². The first-order valence-electron chi connectivity index (χ1n) is 8.58. The predicted octanol–water partition coefficient (Wildman–Crippen LogP) is 5.28. The summed E-state index contributed by atoms with van der Waals surface area (Å²) in [5, 5.41) is 11.0. The van der Waals surface area contributed by atoms with Crippen molar-refractivity contribution in [1.29, 1.82) is 0 Å². The van der Waals surface area contributed by atoms with E-state index in [4.69, 9.17) is 0 Å². The van der Waals surface area contributed by atoms with E-state index in [2.05, 4.69) is 40.0 Å². The van der Waals surface area contributed by atoms with Crippen molar-refractivity contribution in [2.45, 2.75) is 65.4 Å². The topological polar surface area (TPSA) is 20.2 Å². The normalized spacial score (nSPS) is 34.1. The smallest absolute Gasteiger partial charge is 0.0642 e. The Morgan fingerprint density at radius 3 is 2.86 bits per heavy atom. The van der Waals surface area contributed by atoms with Gasteiger partial charge < -0.3 is 5.11 Å². The van der Waals surface area contributed by atoms with Crippen molar-refractivity contribution in [3.8, 4) is 0 Å². The van der Waals surface area contributed by atoms with Gasteiger partial charge in [0.15, 0.2) is 0 Å². The Kier molecular flexibility index (Phi) is 5.48. The van der Waals surface area contributed by atoms with Gasteiger partial charge in [0.25, 0.3) is 0 Å². The van der Waals surface area contributed by atoms with Gasteiger partial charge in [-0.1, -0.05) is 42.7 Å². The molecule has 0 heterocycles. The zero-order valence-electron chi connectivity index (χ0n) is 14.1. The van der Waals surface area contributed by atoms with E-state index >= 15 is 0 Å². The van der Waals surface area contributed by atoms with Crippen molar-refractivity contribution < 1.29 is 5.11 Å². The second-order valence-corrected chi connectivity index (χ2v) is 7.49. The SMILES string of the molecule is C=C(C)CCC[C@@H](C)[C@@H]1CCC(=C)[C@@H]2CC=C(C)[C@H]2[C@@H]1O. The van der Waals surface area contributed by atoms with E-state index in [1.165, 1.54) is 29.6 Å². The van der Waals surface area contributed by atoms with Crippen LogP contribution in [-0.4, -0.2) is 11.2 Å². The number of allylic oxidation sites excluding steroid dienone is 3. The van der Waals surface area contributed by atoms with Gasteiger partial charge >= 0.3 is 0 Å². The molecule has 1 N–H and O–H groups in total. The maximum absolute atomic E-state index is 11.0. The first kappa shape index (κ1) is 16.5. The van der Waals surface area contributed by atoms with Crippen LogP contribution in [0.4, 0.5) is 0 Å². The molecule has 1 nitrogen and oxygen atoms in total. The largest absolute Gasteiger partial charge is 0.392 e. The number of aliphatic hydroxyl groups excluding tert-OH is 1. The molecular formula is C20H32O. The summed E-state index contributed by atoms with van der Waals surface area (Å²) < 4.78 is 0. The minimum absolute atomic E-state index is 0.187. The van der Waals surface area contributed by atoms with E-state index in [1.54, 1.807) is 0 Å². The van der Waals surface area contributed by atoms with Crippen LogP contribution in [0.1, 0.15) is 59.3 Å². The Labute approximate surface area is 130 Å². The van der Waals surface area contributed by atoms with Gasteiger partial charge in [0.1, 0.15) is 0 Å². The van der Waals surface area contributed by atoms with Crippen molar-refractivity contribution in [3.63, 3.8) is 0 Å². The third kappa shape index (κ3) is 3.69. The first-order chi connectivity index (χ1) is 9.91. The fraction of sp³-hybridized carbons (Fsp3) is 0.700. The Hall–Kier alpha value is -0.820. The molecule has 2 aliphatic carbocycles. The molecule has 21 heavy (non-hydrogen) atoms. The van der Waals surface area contributed by atoms with Crippen molar-refractivity contribution in [2.24, 2.45) is 23.7 Å². The average molecular weight is 288 g/mol. The van der Waals surface area contributed by atoms with Crippen LogP contribution in [0.5, 0.6) is 0 Å². The summed E-state index contributed by atoms with van der Waals surface area (Å²) in [5.41, 5.74) is 4.02. The van der Waals surface area contributed by atoms with Crippen LogP contribution in [0.3, 0.4) is 0 Å². The molecule has 1 fully saturated rings. The Bertz CT molecular complexity index is 431. The molecule has 1 saturated carbocycles. The second-order valence-electron chi connectivity index (χ2n) is 7.49. The summed E-state index contributed by atoms with van der Waals surface area (Å²) in [4.78, 5) is 0. The highest BCUT2D eigenvalue weighted by atomic mass is 16.3. The summed E-state index contributed by atoms with van der Waals surface area (Å²) in [6, 6.07) is 0. The van der Waals surface area contributed by atoms with Gasteiger partial charge in [-0.15, -0.1) is 6.58 Å². The third-order valence-corrected chi connectivity index (χ3v) is 5.78. The monoisotopic (exact) mass is 288 g/mol. The number of rotatable bonds is 5. The summed E-state index contributed by atoms with van der Waals surface area (Å²) in [6.45, 7) is 14.9. The summed E-state index contributed by atoms with van der Waals surface area (Å²) >= 11 is 0. The molecule has 118 valence electrons. The van der Waals surface area contributed by atoms with Gasteiger partial charge in [0.2, 0.25) is 0 Å². The quantitative estimate of drug-likeness (QED) is 0.682. The molecular weight excluding hydrogens is 256 g/mol. The summed E-state index contributed by atoms with van der Waals surface area (Å²) in [5.74, 6) is 1.82. The Balaban J connectivity index is 2.03. The lowest BCUT2D eigenvalue weighted by atomic mass is 9.76. The molecule has 5 atom stereocenters. The first-order valence-corrected chi connectivity index (χ1v) is 8.58. The highest BCUT2D eigenvalue weighted by Gasteiger charge is 2.42. The molecule has 0 aromatic carbocycles. The molecule has 0 aromatic rings. The predicted molar refractivity (Wildman–Crippen MR) is 91.1 cm³/mol. The maximum atomic E-state index is 11.0.